The molecule has 1 unspecified atom stereocenters. The summed E-state index contributed by atoms with van der Waals surface area (Å²) in [5, 5.41) is 1.17. The van der Waals surface area contributed by atoms with Crippen molar-refractivity contribution in [2.75, 3.05) is 0 Å². The molecule has 0 heterocycles. The Morgan fingerprint density at radius 2 is 1.61 bits per heavy atom. The number of benzene rings is 2. The Morgan fingerprint density at radius 1 is 1.11 bits per heavy atom. The van der Waals surface area contributed by atoms with Crippen LogP contribution in [0.1, 0.15) is 36.8 Å². The van der Waals surface area contributed by atoms with Gasteiger partial charge in [0.15, 0.2) is 5.78 Å². The molecular formula is C23H20Cl2O3. The number of Topliss-reactive ketones (excluding diaryl/α,β-unsaturated/α-hetero) is 1. The summed E-state index contributed by atoms with van der Waals surface area (Å²) in [4.78, 5) is 25.4. The van der Waals surface area contributed by atoms with E-state index in [1.54, 1.807) is 54.6 Å². The van der Waals surface area contributed by atoms with Crippen LogP contribution in [0.3, 0.4) is 0 Å². The fourth-order valence-electron chi connectivity index (χ4n) is 3.39. The van der Waals surface area contributed by atoms with E-state index >= 15 is 0 Å². The number of carbonyl (C=O) groups is 2. The molecule has 144 valence electrons. The van der Waals surface area contributed by atoms with Gasteiger partial charge in [-0.25, -0.2) is 0 Å². The standard InChI is InChI=1S/C23H20Cl2O3/c1-3-4-19-14(2)21(13-20(19)26)28-23(27)22(15-5-9-17(24)10-6-15)16-7-11-18(25)12-8-16/h3,5-12,21-22H,1,4,13H2,2H3. The molecule has 0 fully saturated rings. The zero-order chi connectivity index (χ0) is 20.3. The molecule has 0 saturated carbocycles. The highest BCUT2D eigenvalue weighted by Crippen LogP contribution is 2.33. The van der Waals surface area contributed by atoms with Crippen LogP contribution in [0.15, 0.2) is 72.3 Å². The Balaban J connectivity index is 1.91. The van der Waals surface area contributed by atoms with Gasteiger partial charge in [0.05, 0.1) is 6.42 Å². The van der Waals surface area contributed by atoms with Gasteiger partial charge < -0.3 is 4.74 Å². The number of ketones is 1. The maximum absolute atomic E-state index is 13.1. The third-order valence-corrected chi connectivity index (χ3v) is 5.42. The second-order valence-corrected chi connectivity index (χ2v) is 7.62. The van der Waals surface area contributed by atoms with Crippen LogP contribution in [0, 0.1) is 0 Å². The predicted molar refractivity (Wildman–Crippen MR) is 112 cm³/mol. The van der Waals surface area contributed by atoms with Gasteiger partial charge in [0.1, 0.15) is 12.0 Å². The van der Waals surface area contributed by atoms with E-state index in [1.807, 2.05) is 6.92 Å². The lowest BCUT2D eigenvalue weighted by atomic mass is 9.91. The zero-order valence-electron chi connectivity index (χ0n) is 15.5. The largest absolute Gasteiger partial charge is 0.457 e. The molecule has 3 nitrogen and oxygen atoms in total. The SMILES string of the molecule is C=CCC1=C(C)C(OC(=O)C(c2ccc(Cl)cc2)c2ccc(Cl)cc2)CC1=O. The summed E-state index contributed by atoms with van der Waals surface area (Å²) in [5.41, 5.74) is 2.99. The van der Waals surface area contributed by atoms with Crippen molar-refractivity contribution in [1.82, 2.24) is 0 Å². The van der Waals surface area contributed by atoms with Gasteiger partial charge in [0, 0.05) is 15.6 Å². The minimum absolute atomic E-state index is 0.00439. The summed E-state index contributed by atoms with van der Waals surface area (Å²) >= 11 is 12.0. The smallest absolute Gasteiger partial charge is 0.318 e. The average molecular weight is 415 g/mol. The Bertz CT molecular complexity index is 882. The fourth-order valence-corrected chi connectivity index (χ4v) is 3.64. The van der Waals surface area contributed by atoms with Gasteiger partial charge in [0.2, 0.25) is 0 Å². The lowest BCUT2D eigenvalue weighted by Crippen LogP contribution is -2.24. The first kappa shape index (κ1) is 20.4. The second-order valence-electron chi connectivity index (χ2n) is 6.74. The van der Waals surface area contributed by atoms with Crippen LogP contribution in [0.4, 0.5) is 0 Å². The molecule has 0 bridgehead atoms. The van der Waals surface area contributed by atoms with Crippen LogP contribution in [0.2, 0.25) is 10.0 Å². The molecular weight excluding hydrogens is 395 g/mol. The molecule has 0 aromatic heterocycles. The summed E-state index contributed by atoms with van der Waals surface area (Å²) in [5.74, 6) is -1.05. The van der Waals surface area contributed by atoms with Crippen molar-refractivity contribution >= 4 is 35.0 Å². The van der Waals surface area contributed by atoms with Gasteiger partial charge in [-0.2, -0.15) is 0 Å². The zero-order valence-corrected chi connectivity index (χ0v) is 17.0. The molecule has 1 aliphatic rings. The van der Waals surface area contributed by atoms with Crippen LogP contribution >= 0.6 is 23.2 Å². The van der Waals surface area contributed by atoms with E-state index in [2.05, 4.69) is 6.58 Å². The van der Waals surface area contributed by atoms with Crippen molar-refractivity contribution in [3.63, 3.8) is 0 Å². The number of halogens is 2. The molecule has 0 aliphatic heterocycles. The van der Waals surface area contributed by atoms with Gasteiger partial charge >= 0.3 is 5.97 Å². The number of allylic oxidation sites excluding steroid dienone is 2. The molecule has 3 rings (SSSR count). The highest BCUT2D eigenvalue weighted by molar-refractivity contribution is 6.30. The third kappa shape index (κ3) is 4.37. The lowest BCUT2D eigenvalue weighted by Gasteiger charge is -2.21. The summed E-state index contributed by atoms with van der Waals surface area (Å²) in [7, 11) is 0. The first-order chi connectivity index (χ1) is 13.4. The molecule has 0 N–H and O–H groups in total. The van der Waals surface area contributed by atoms with Crippen molar-refractivity contribution in [2.24, 2.45) is 0 Å². The van der Waals surface area contributed by atoms with E-state index in [4.69, 9.17) is 27.9 Å². The Labute approximate surface area is 174 Å². The highest BCUT2D eigenvalue weighted by Gasteiger charge is 2.34. The number of rotatable bonds is 6. The number of ether oxygens (including phenoxy) is 1. The summed E-state index contributed by atoms with van der Waals surface area (Å²) in [6, 6.07) is 14.1. The summed E-state index contributed by atoms with van der Waals surface area (Å²) in [6.45, 7) is 5.52. The van der Waals surface area contributed by atoms with Gasteiger partial charge in [-0.1, -0.05) is 53.5 Å². The topological polar surface area (TPSA) is 43.4 Å². The van der Waals surface area contributed by atoms with Crippen LogP contribution in [0.5, 0.6) is 0 Å². The van der Waals surface area contributed by atoms with E-state index < -0.39 is 18.0 Å². The van der Waals surface area contributed by atoms with Crippen molar-refractivity contribution < 1.29 is 14.3 Å². The maximum Gasteiger partial charge on any atom is 0.318 e. The van der Waals surface area contributed by atoms with Crippen molar-refractivity contribution in [3.05, 3.63) is 93.5 Å². The molecule has 1 atom stereocenters. The van der Waals surface area contributed by atoms with Crippen LogP contribution < -0.4 is 0 Å². The lowest BCUT2D eigenvalue weighted by molar-refractivity contribution is -0.148. The van der Waals surface area contributed by atoms with Crippen LogP contribution in [-0.4, -0.2) is 17.9 Å². The summed E-state index contributed by atoms with van der Waals surface area (Å²) in [6.07, 6.45) is 1.80. The van der Waals surface area contributed by atoms with Gasteiger partial charge in [-0.3, -0.25) is 9.59 Å². The predicted octanol–water partition coefficient (Wildman–Crippen LogP) is 5.90. The molecule has 2 aromatic rings. The third-order valence-electron chi connectivity index (χ3n) is 4.92. The molecule has 2 aromatic carbocycles. The van der Waals surface area contributed by atoms with Gasteiger partial charge in [0.25, 0.3) is 0 Å². The molecule has 0 saturated heterocycles. The quantitative estimate of drug-likeness (QED) is 0.436. The number of carbonyl (C=O) groups excluding carboxylic acids is 2. The number of esters is 1. The Kier molecular flexibility index (Phi) is 6.38. The molecule has 0 radical (unpaired) electrons. The number of hydrogen-bond acceptors (Lipinski definition) is 3. The first-order valence-electron chi connectivity index (χ1n) is 8.96. The molecule has 0 spiro atoms. The molecule has 1 aliphatic carbocycles. The normalized spacial score (nSPS) is 16.6. The molecule has 5 heteroatoms. The van der Waals surface area contributed by atoms with Gasteiger partial charge in [-0.15, -0.1) is 6.58 Å². The van der Waals surface area contributed by atoms with Crippen molar-refractivity contribution in [1.29, 1.82) is 0 Å². The van der Waals surface area contributed by atoms with Crippen LogP contribution in [0.25, 0.3) is 0 Å². The summed E-state index contributed by atoms with van der Waals surface area (Å²) < 4.78 is 5.78. The first-order valence-corrected chi connectivity index (χ1v) is 9.71. The van der Waals surface area contributed by atoms with Crippen molar-refractivity contribution in [3.8, 4) is 0 Å². The van der Waals surface area contributed by atoms with E-state index in [9.17, 15) is 9.59 Å². The molecule has 0 amide bonds. The highest BCUT2D eigenvalue weighted by atomic mass is 35.5. The minimum atomic E-state index is -0.638. The van der Waals surface area contributed by atoms with Gasteiger partial charge in [-0.05, 0) is 54.3 Å². The van der Waals surface area contributed by atoms with Crippen molar-refractivity contribution in [2.45, 2.75) is 31.8 Å². The van der Waals surface area contributed by atoms with Crippen LogP contribution in [-0.2, 0) is 14.3 Å². The Morgan fingerprint density at radius 3 is 2.07 bits per heavy atom. The maximum atomic E-state index is 13.1. The minimum Gasteiger partial charge on any atom is -0.457 e. The molecule has 28 heavy (non-hydrogen) atoms. The average Bonchev–Trinajstić information content (AvgIpc) is 2.93. The van der Waals surface area contributed by atoms with E-state index in [0.717, 1.165) is 16.7 Å². The fraction of sp³-hybridized carbons (Fsp3) is 0.217. The number of hydrogen-bond donors (Lipinski definition) is 0. The van der Waals surface area contributed by atoms with E-state index in [1.165, 1.54) is 0 Å². The van der Waals surface area contributed by atoms with E-state index in [0.29, 0.717) is 22.0 Å². The second kappa shape index (κ2) is 8.76. The van der Waals surface area contributed by atoms with E-state index in [-0.39, 0.29) is 12.2 Å². The Hall–Kier alpha value is -2.36. The monoisotopic (exact) mass is 414 g/mol.